The Morgan fingerprint density at radius 3 is 3.17 bits per heavy atom. The van der Waals surface area contributed by atoms with E-state index >= 15 is 0 Å². The average molecular weight is 192 g/mol. The fourth-order valence-corrected chi connectivity index (χ4v) is 2.56. The number of benzene rings is 1. The van der Waals surface area contributed by atoms with Gasteiger partial charge in [-0.25, -0.2) is 4.98 Å². The molecule has 0 radical (unpaired) electrons. The predicted molar refractivity (Wildman–Crippen MR) is 52.8 cm³/mol. The number of nitrogens with zero attached hydrogens (tertiary/aromatic N) is 2. The van der Waals surface area contributed by atoms with Crippen LogP contribution in [0.3, 0.4) is 0 Å². The van der Waals surface area contributed by atoms with Gasteiger partial charge in [0.2, 0.25) is 0 Å². The lowest BCUT2D eigenvalue weighted by Gasteiger charge is -1.86. The number of rotatable bonds is 0. The van der Waals surface area contributed by atoms with Gasteiger partial charge in [0.15, 0.2) is 0 Å². The van der Waals surface area contributed by atoms with E-state index in [9.17, 15) is 0 Å². The van der Waals surface area contributed by atoms with Crippen LogP contribution in [0.2, 0.25) is 0 Å². The molecule has 1 aromatic carbocycles. The van der Waals surface area contributed by atoms with Crippen molar-refractivity contribution >= 4 is 44.0 Å². The summed E-state index contributed by atoms with van der Waals surface area (Å²) < 4.78 is 5.49. The lowest BCUT2D eigenvalue weighted by atomic mass is 10.2. The van der Waals surface area contributed by atoms with Crippen LogP contribution in [0.25, 0.3) is 21.1 Å². The summed E-state index contributed by atoms with van der Waals surface area (Å²) in [5, 5.41) is 3.28. The summed E-state index contributed by atoms with van der Waals surface area (Å²) in [5.74, 6) is 0. The van der Waals surface area contributed by atoms with Gasteiger partial charge in [-0.2, -0.15) is 4.37 Å². The van der Waals surface area contributed by atoms with Crippen molar-refractivity contribution in [2.24, 2.45) is 0 Å². The second-order valence-electron chi connectivity index (χ2n) is 2.55. The minimum Gasteiger partial charge on any atom is -0.245 e. The van der Waals surface area contributed by atoms with Gasteiger partial charge in [-0.15, -0.1) is 11.3 Å². The highest BCUT2D eigenvalue weighted by molar-refractivity contribution is 7.16. The largest absolute Gasteiger partial charge is 0.245 e. The van der Waals surface area contributed by atoms with E-state index in [4.69, 9.17) is 0 Å². The second kappa shape index (κ2) is 2.24. The zero-order valence-corrected chi connectivity index (χ0v) is 7.65. The van der Waals surface area contributed by atoms with Crippen molar-refractivity contribution in [1.82, 2.24) is 9.36 Å². The van der Waals surface area contributed by atoms with Gasteiger partial charge in [-0.3, -0.25) is 0 Å². The Morgan fingerprint density at radius 2 is 2.17 bits per heavy atom. The summed E-state index contributed by atoms with van der Waals surface area (Å²) in [6.07, 6.45) is 0. The highest BCUT2D eigenvalue weighted by atomic mass is 32.1. The van der Waals surface area contributed by atoms with Crippen LogP contribution in [0.1, 0.15) is 0 Å². The van der Waals surface area contributed by atoms with Crippen molar-refractivity contribution in [3.8, 4) is 0 Å². The third-order valence-corrected chi connectivity index (χ3v) is 3.26. The molecule has 0 atom stereocenters. The van der Waals surface area contributed by atoms with Crippen molar-refractivity contribution < 1.29 is 0 Å². The molecule has 0 spiro atoms. The van der Waals surface area contributed by atoms with Gasteiger partial charge in [0, 0.05) is 10.8 Å². The number of hydrogen-bond acceptors (Lipinski definition) is 4. The first kappa shape index (κ1) is 6.51. The normalized spacial score (nSPS) is 11.3. The Labute approximate surface area is 76.7 Å². The summed E-state index contributed by atoms with van der Waals surface area (Å²) in [6, 6.07) is 4.18. The fourth-order valence-electron chi connectivity index (χ4n) is 1.22. The molecule has 0 amide bonds. The lowest BCUT2D eigenvalue weighted by Crippen LogP contribution is -1.68. The number of fused-ring (bicyclic) bond motifs is 2. The van der Waals surface area contributed by atoms with Gasteiger partial charge >= 0.3 is 0 Å². The monoisotopic (exact) mass is 192 g/mol. The molecule has 0 saturated carbocycles. The molecular formula is C8H4N2S2. The molecule has 0 saturated heterocycles. The van der Waals surface area contributed by atoms with Crippen LogP contribution < -0.4 is 0 Å². The number of aromatic nitrogens is 2. The molecule has 3 aromatic rings. The molecule has 3 rings (SSSR count). The standard InChI is InChI=1S/C8H4N2S2/c1-5-3-12-10-6(5)2-7-8(1)11-4-9-7/h1-4H. The molecule has 58 valence electrons. The molecule has 2 aromatic heterocycles. The molecular weight excluding hydrogens is 188 g/mol. The van der Waals surface area contributed by atoms with Crippen LogP contribution in [-0.2, 0) is 0 Å². The molecule has 0 aliphatic heterocycles. The Morgan fingerprint density at radius 1 is 1.17 bits per heavy atom. The first-order valence-electron chi connectivity index (χ1n) is 3.51. The SMILES string of the molecule is c1nc2cc3nscc3cc2s1. The van der Waals surface area contributed by atoms with Crippen LogP contribution in [-0.4, -0.2) is 9.36 Å². The molecule has 2 nitrogen and oxygen atoms in total. The van der Waals surface area contributed by atoms with E-state index in [1.807, 2.05) is 11.6 Å². The van der Waals surface area contributed by atoms with Gasteiger partial charge in [-0.1, -0.05) is 0 Å². The molecule has 0 aliphatic carbocycles. The Kier molecular flexibility index (Phi) is 1.22. The topological polar surface area (TPSA) is 25.8 Å². The summed E-state index contributed by atoms with van der Waals surface area (Å²) >= 11 is 3.17. The highest BCUT2D eigenvalue weighted by Gasteiger charge is 2.00. The zero-order chi connectivity index (χ0) is 7.97. The van der Waals surface area contributed by atoms with Gasteiger partial charge in [-0.05, 0) is 23.7 Å². The average Bonchev–Trinajstić information content (AvgIpc) is 2.64. The van der Waals surface area contributed by atoms with E-state index in [-0.39, 0.29) is 0 Å². The van der Waals surface area contributed by atoms with Crippen molar-refractivity contribution in [2.75, 3.05) is 0 Å². The maximum atomic E-state index is 4.25. The summed E-state index contributed by atoms with van der Waals surface area (Å²) in [4.78, 5) is 4.23. The van der Waals surface area contributed by atoms with Crippen LogP contribution in [0.15, 0.2) is 23.0 Å². The third-order valence-electron chi connectivity index (χ3n) is 1.81. The Hall–Kier alpha value is -1.00. The lowest BCUT2D eigenvalue weighted by molar-refractivity contribution is 1.50. The van der Waals surface area contributed by atoms with E-state index in [0.29, 0.717) is 0 Å². The van der Waals surface area contributed by atoms with E-state index in [1.54, 1.807) is 11.3 Å². The van der Waals surface area contributed by atoms with Crippen LogP contribution in [0.4, 0.5) is 0 Å². The van der Waals surface area contributed by atoms with E-state index in [0.717, 1.165) is 11.0 Å². The minimum absolute atomic E-state index is 1.05. The van der Waals surface area contributed by atoms with E-state index in [1.165, 1.54) is 21.6 Å². The van der Waals surface area contributed by atoms with Crippen molar-refractivity contribution in [1.29, 1.82) is 0 Å². The second-order valence-corrected chi connectivity index (χ2v) is 4.06. The number of thiazole rings is 1. The van der Waals surface area contributed by atoms with Crippen LogP contribution in [0, 0.1) is 0 Å². The van der Waals surface area contributed by atoms with Crippen molar-refractivity contribution in [2.45, 2.75) is 0 Å². The summed E-state index contributed by atoms with van der Waals surface area (Å²) in [7, 11) is 0. The molecule has 0 fully saturated rings. The number of hydrogen-bond donors (Lipinski definition) is 0. The molecule has 0 bridgehead atoms. The first-order valence-corrected chi connectivity index (χ1v) is 5.22. The molecule has 0 N–H and O–H groups in total. The van der Waals surface area contributed by atoms with Crippen molar-refractivity contribution in [3.63, 3.8) is 0 Å². The predicted octanol–water partition coefficient (Wildman–Crippen LogP) is 2.91. The van der Waals surface area contributed by atoms with Crippen LogP contribution >= 0.6 is 22.9 Å². The summed E-state index contributed by atoms with van der Waals surface area (Å²) in [6.45, 7) is 0. The van der Waals surface area contributed by atoms with E-state index < -0.39 is 0 Å². The quantitative estimate of drug-likeness (QED) is 0.547. The Bertz CT molecular complexity index is 447. The zero-order valence-electron chi connectivity index (χ0n) is 6.02. The molecule has 0 unspecified atom stereocenters. The van der Waals surface area contributed by atoms with Gasteiger partial charge in [0.1, 0.15) is 0 Å². The van der Waals surface area contributed by atoms with E-state index in [2.05, 4.69) is 20.8 Å². The van der Waals surface area contributed by atoms with Crippen LogP contribution in [0.5, 0.6) is 0 Å². The molecule has 0 aliphatic rings. The summed E-state index contributed by atoms with van der Waals surface area (Å²) in [5.41, 5.74) is 3.98. The molecule has 4 heteroatoms. The highest BCUT2D eigenvalue weighted by Crippen LogP contribution is 2.24. The fraction of sp³-hybridized carbons (Fsp3) is 0. The minimum atomic E-state index is 1.05. The van der Waals surface area contributed by atoms with Crippen molar-refractivity contribution in [3.05, 3.63) is 23.0 Å². The third kappa shape index (κ3) is 0.790. The first-order chi connectivity index (χ1) is 5.93. The smallest absolute Gasteiger partial charge is 0.0863 e. The van der Waals surface area contributed by atoms with Gasteiger partial charge < -0.3 is 0 Å². The molecule has 12 heavy (non-hydrogen) atoms. The maximum Gasteiger partial charge on any atom is 0.0863 e. The Balaban J connectivity index is 2.62. The van der Waals surface area contributed by atoms with Gasteiger partial charge in [0.05, 0.1) is 21.2 Å². The molecule has 2 heterocycles. The van der Waals surface area contributed by atoms with Gasteiger partial charge in [0.25, 0.3) is 0 Å². The maximum absolute atomic E-state index is 4.25.